The highest BCUT2D eigenvalue weighted by Gasteiger charge is 2.33. The van der Waals surface area contributed by atoms with Crippen molar-refractivity contribution in [2.45, 2.75) is 64.3 Å². The van der Waals surface area contributed by atoms with Crippen LogP contribution in [0.15, 0.2) is 102 Å². The molecule has 1 atom stereocenters. The average molecular weight is 611 g/mol. The van der Waals surface area contributed by atoms with Gasteiger partial charge in [0.25, 0.3) is 0 Å². The summed E-state index contributed by atoms with van der Waals surface area (Å²) in [6.07, 6.45) is 1.64. The Morgan fingerprint density at radius 3 is 2.00 bits per heavy atom. The van der Waals surface area contributed by atoms with Gasteiger partial charge in [-0.15, -0.1) is 0 Å². The molecule has 7 nitrogen and oxygen atoms in total. The van der Waals surface area contributed by atoms with Gasteiger partial charge in [0.1, 0.15) is 13.6 Å². The largest absolute Gasteiger partial charge is 0.417 e. The summed E-state index contributed by atoms with van der Waals surface area (Å²) in [5, 5.41) is 13.4. The number of ether oxygens (including phenoxy) is 1. The maximum atomic E-state index is 14.0. The van der Waals surface area contributed by atoms with E-state index in [0.717, 1.165) is 22.3 Å². The molecule has 0 aromatic heterocycles. The van der Waals surface area contributed by atoms with E-state index in [1.807, 2.05) is 94.4 Å². The van der Waals surface area contributed by atoms with Gasteiger partial charge < -0.3 is 14.4 Å². The first kappa shape index (κ1) is 32.6. The molecule has 0 fully saturated rings. The van der Waals surface area contributed by atoms with Crippen molar-refractivity contribution in [3.8, 4) is 5.75 Å². The lowest BCUT2D eigenvalue weighted by molar-refractivity contribution is 0.0796. The molecule has 0 aliphatic rings. The fourth-order valence-corrected chi connectivity index (χ4v) is 7.04. The topological polar surface area (TPSA) is 105 Å². The van der Waals surface area contributed by atoms with Gasteiger partial charge in [0.2, 0.25) is 6.08 Å². The van der Waals surface area contributed by atoms with Gasteiger partial charge >= 0.3 is 6.09 Å². The maximum Gasteiger partial charge on any atom is 0.417 e. The Labute approximate surface area is 259 Å². The number of rotatable bonds is 10. The highest BCUT2D eigenvalue weighted by atomic mass is 31.1. The van der Waals surface area contributed by atoms with Crippen LogP contribution in [0.2, 0.25) is 0 Å². The monoisotopic (exact) mass is 610 g/mol. The van der Waals surface area contributed by atoms with Crippen LogP contribution in [0.25, 0.3) is 0 Å². The van der Waals surface area contributed by atoms with Crippen LogP contribution in [0.3, 0.4) is 0 Å². The molecular weight excluding hydrogens is 571 g/mol. The van der Waals surface area contributed by atoms with Gasteiger partial charge in [-0.3, -0.25) is 5.32 Å². The third-order valence-corrected chi connectivity index (χ3v) is 10.1. The van der Waals surface area contributed by atoms with E-state index in [1.54, 1.807) is 50.3 Å². The SMILES string of the molecule is CC(C)(O)c1ccc(OC(=O)Nc2ccc(Cc3ccc(C(C)(C)N=C=O)cc3)cc2)cc1[PH](=O)C(C)(C)c1ccccc1. The predicted octanol–water partition coefficient (Wildman–Crippen LogP) is 7.81. The lowest BCUT2D eigenvalue weighted by Gasteiger charge is -2.29. The lowest BCUT2D eigenvalue weighted by Crippen LogP contribution is -2.27. The molecule has 0 radical (unpaired) electrons. The third kappa shape index (κ3) is 7.81. The molecule has 0 heterocycles. The number of nitrogens with one attached hydrogen (secondary N) is 1. The lowest BCUT2D eigenvalue weighted by atomic mass is 9.93. The molecule has 228 valence electrons. The number of benzene rings is 4. The minimum Gasteiger partial charge on any atom is -0.410 e. The normalized spacial score (nSPS) is 12.6. The highest BCUT2D eigenvalue weighted by Crippen LogP contribution is 2.48. The summed E-state index contributed by atoms with van der Waals surface area (Å²) in [7, 11) is -2.51. The van der Waals surface area contributed by atoms with Gasteiger partial charge in [-0.05, 0) is 100 Å². The zero-order valence-corrected chi connectivity index (χ0v) is 27.0. The number of anilines is 1. The van der Waals surface area contributed by atoms with Crippen LogP contribution in [0, 0.1) is 0 Å². The van der Waals surface area contributed by atoms with E-state index in [9.17, 15) is 19.3 Å². The summed E-state index contributed by atoms with van der Waals surface area (Å²) in [5.74, 6) is 0.231. The third-order valence-electron chi connectivity index (χ3n) is 7.76. The van der Waals surface area contributed by atoms with Crippen LogP contribution in [0.4, 0.5) is 10.5 Å². The molecule has 8 heteroatoms. The average Bonchev–Trinajstić information content (AvgIpc) is 2.98. The van der Waals surface area contributed by atoms with Gasteiger partial charge in [0.05, 0.1) is 11.1 Å². The van der Waals surface area contributed by atoms with Gasteiger partial charge in [-0.25, -0.2) is 9.59 Å². The van der Waals surface area contributed by atoms with Crippen molar-refractivity contribution >= 4 is 31.0 Å². The molecule has 44 heavy (non-hydrogen) atoms. The van der Waals surface area contributed by atoms with E-state index in [1.165, 1.54) is 0 Å². The van der Waals surface area contributed by atoms with E-state index in [-0.39, 0.29) is 5.75 Å². The number of carbonyl (C=O) groups is 1. The maximum absolute atomic E-state index is 14.0. The standard InChI is InChI=1S/C36H39N2O5P/c1-34(2,37-24-39)27-16-12-25(13-17-27)22-26-14-18-29(19-15-26)38-33(40)43-30-20-21-31(35(3,4)41)32(23-30)44(42)36(5,6)28-10-8-7-9-11-28/h7-21,23,41,44H,22H2,1-6H3,(H,38,40). The van der Waals surface area contributed by atoms with E-state index >= 15 is 0 Å². The first-order valence-electron chi connectivity index (χ1n) is 14.4. The Bertz CT molecular complexity index is 1680. The molecule has 4 aromatic rings. The molecule has 0 spiro atoms. The van der Waals surface area contributed by atoms with Crippen molar-refractivity contribution in [2.75, 3.05) is 5.32 Å². The number of amides is 1. The zero-order chi connectivity index (χ0) is 32.1. The number of hydrogen-bond acceptors (Lipinski definition) is 6. The summed E-state index contributed by atoms with van der Waals surface area (Å²) in [4.78, 5) is 27.4. The van der Waals surface area contributed by atoms with Gasteiger partial charge in [-0.1, -0.05) is 72.8 Å². The van der Waals surface area contributed by atoms with Crippen LogP contribution in [0.1, 0.15) is 69.4 Å². The quantitative estimate of drug-likeness (QED) is 0.108. The van der Waals surface area contributed by atoms with Crippen LogP contribution in [-0.2, 0) is 32.1 Å². The summed E-state index contributed by atoms with van der Waals surface area (Å²) in [6, 6.07) is 29.9. The molecule has 1 amide bonds. The summed E-state index contributed by atoms with van der Waals surface area (Å²) < 4.78 is 19.6. The molecule has 4 rings (SSSR count). The molecule has 1 unspecified atom stereocenters. The second kappa shape index (κ2) is 13.2. The molecule has 0 aliphatic heterocycles. The van der Waals surface area contributed by atoms with Gasteiger partial charge in [0, 0.05) is 16.1 Å². The van der Waals surface area contributed by atoms with Crippen molar-refractivity contribution in [1.82, 2.24) is 0 Å². The van der Waals surface area contributed by atoms with Crippen molar-refractivity contribution < 1.29 is 24.0 Å². The Kier molecular flexibility index (Phi) is 9.75. The highest BCUT2D eigenvalue weighted by molar-refractivity contribution is 7.54. The van der Waals surface area contributed by atoms with Crippen LogP contribution in [-0.4, -0.2) is 17.3 Å². The number of aliphatic hydroxyl groups is 1. The van der Waals surface area contributed by atoms with Gasteiger partial charge in [0.15, 0.2) is 0 Å². The second-order valence-corrected chi connectivity index (χ2v) is 14.9. The Balaban J connectivity index is 1.45. The zero-order valence-electron chi connectivity index (χ0n) is 26.0. The fourth-order valence-electron chi connectivity index (χ4n) is 5.03. The minimum absolute atomic E-state index is 0.231. The minimum atomic E-state index is -2.51. The molecule has 4 aromatic carbocycles. The van der Waals surface area contributed by atoms with Crippen LogP contribution < -0.4 is 15.4 Å². The Morgan fingerprint density at radius 2 is 1.43 bits per heavy atom. The summed E-state index contributed by atoms with van der Waals surface area (Å²) in [5.41, 5.74) is 3.23. The van der Waals surface area contributed by atoms with E-state index in [2.05, 4.69) is 10.3 Å². The summed E-state index contributed by atoms with van der Waals surface area (Å²) >= 11 is 0. The first-order valence-corrected chi connectivity index (χ1v) is 15.8. The van der Waals surface area contributed by atoms with Crippen LogP contribution >= 0.6 is 7.80 Å². The fraction of sp³-hybridized carbons (Fsp3) is 0.278. The molecule has 0 aliphatic carbocycles. The van der Waals surface area contributed by atoms with E-state index in [4.69, 9.17) is 4.74 Å². The van der Waals surface area contributed by atoms with Crippen molar-refractivity contribution in [3.05, 3.63) is 125 Å². The number of carbonyl (C=O) groups excluding carboxylic acids is 2. The van der Waals surface area contributed by atoms with E-state index in [0.29, 0.717) is 23.0 Å². The van der Waals surface area contributed by atoms with Crippen LogP contribution in [0.5, 0.6) is 5.75 Å². The Hall–Kier alpha value is -4.28. The molecule has 2 N–H and O–H groups in total. The smallest absolute Gasteiger partial charge is 0.410 e. The molecule has 0 bridgehead atoms. The van der Waals surface area contributed by atoms with Crippen molar-refractivity contribution in [1.29, 1.82) is 0 Å². The number of nitrogens with zero attached hydrogens (tertiary/aromatic N) is 1. The molecule has 0 saturated carbocycles. The Morgan fingerprint density at radius 1 is 0.841 bits per heavy atom. The molecule has 0 saturated heterocycles. The molecular formula is C36H39N2O5P. The number of hydrogen-bond donors (Lipinski definition) is 2. The van der Waals surface area contributed by atoms with Gasteiger partial charge in [-0.2, -0.15) is 4.99 Å². The van der Waals surface area contributed by atoms with E-state index < -0.39 is 30.2 Å². The summed E-state index contributed by atoms with van der Waals surface area (Å²) in [6.45, 7) is 10.9. The van der Waals surface area contributed by atoms with Crippen molar-refractivity contribution in [2.24, 2.45) is 4.99 Å². The number of aliphatic imine (C=N–C) groups is 1. The second-order valence-electron chi connectivity index (χ2n) is 12.4. The first-order chi connectivity index (χ1) is 20.7. The van der Waals surface area contributed by atoms with Crippen molar-refractivity contribution in [3.63, 3.8) is 0 Å². The predicted molar refractivity (Wildman–Crippen MR) is 176 cm³/mol. The number of isocyanates is 1.